The fraction of sp³-hybridized carbons (Fsp3) is 0.400. The zero-order chi connectivity index (χ0) is 20.6. The number of nitrogens with one attached hydrogen (secondary N) is 1. The lowest BCUT2D eigenvalue weighted by atomic mass is 10.1. The van der Waals surface area contributed by atoms with Crippen LogP contribution in [0.15, 0.2) is 35.3 Å². The molecule has 1 aromatic carbocycles. The van der Waals surface area contributed by atoms with Crippen molar-refractivity contribution in [3.05, 3.63) is 52.3 Å². The van der Waals surface area contributed by atoms with Crippen LogP contribution in [0.1, 0.15) is 46.2 Å². The highest BCUT2D eigenvalue weighted by Crippen LogP contribution is 2.23. The van der Waals surface area contributed by atoms with Crippen LogP contribution in [-0.2, 0) is 11.3 Å². The van der Waals surface area contributed by atoms with Gasteiger partial charge in [0.05, 0.1) is 17.6 Å². The van der Waals surface area contributed by atoms with Crippen molar-refractivity contribution in [1.29, 1.82) is 0 Å². The van der Waals surface area contributed by atoms with Gasteiger partial charge in [-0.1, -0.05) is 13.8 Å². The van der Waals surface area contributed by atoms with Crippen molar-refractivity contribution in [2.45, 2.75) is 52.6 Å². The van der Waals surface area contributed by atoms with Crippen LogP contribution >= 0.6 is 0 Å². The minimum Gasteiger partial charge on any atom is -0.350 e. The molecule has 0 aliphatic heterocycles. The summed E-state index contributed by atoms with van der Waals surface area (Å²) in [5.41, 5.74) is 0.701. The first-order chi connectivity index (χ1) is 13.1. The number of hydrogen-bond acceptors (Lipinski definition) is 4. The number of nitrogens with zero attached hydrogens (tertiary/aromatic N) is 4. The van der Waals surface area contributed by atoms with E-state index in [4.69, 9.17) is 0 Å². The number of amides is 1. The molecule has 3 rings (SSSR count). The summed E-state index contributed by atoms with van der Waals surface area (Å²) in [7, 11) is 0. The van der Waals surface area contributed by atoms with Gasteiger partial charge in [0.15, 0.2) is 0 Å². The Morgan fingerprint density at radius 3 is 2.43 bits per heavy atom. The van der Waals surface area contributed by atoms with E-state index in [1.54, 1.807) is 18.3 Å². The Kier molecular flexibility index (Phi) is 5.06. The van der Waals surface area contributed by atoms with E-state index in [0.29, 0.717) is 22.3 Å². The lowest BCUT2D eigenvalue weighted by Crippen LogP contribution is -2.44. The van der Waals surface area contributed by atoms with Crippen LogP contribution in [0.2, 0.25) is 0 Å². The summed E-state index contributed by atoms with van der Waals surface area (Å²) >= 11 is 0. The molecule has 1 amide bonds. The van der Waals surface area contributed by atoms with Gasteiger partial charge in [-0.2, -0.15) is 10.2 Å². The molecule has 0 radical (unpaired) electrons. The maximum atomic E-state index is 13.3. The molecule has 0 atom stereocenters. The van der Waals surface area contributed by atoms with E-state index in [1.807, 2.05) is 34.6 Å². The minimum absolute atomic E-state index is 0.0193. The number of halogens is 1. The van der Waals surface area contributed by atoms with Crippen LogP contribution in [0.5, 0.6) is 0 Å². The Labute approximate surface area is 162 Å². The minimum atomic E-state index is -0.426. The maximum Gasteiger partial charge on any atom is 0.293 e. The van der Waals surface area contributed by atoms with Crippen LogP contribution < -0.4 is 10.9 Å². The summed E-state index contributed by atoms with van der Waals surface area (Å²) in [5.74, 6) is -0.657. The largest absolute Gasteiger partial charge is 0.350 e. The normalized spacial score (nSPS) is 12.0. The number of carbonyl (C=O) groups is 1. The first kappa shape index (κ1) is 19.7. The summed E-state index contributed by atoms with van der Waals surface area (Å²) in [6.45, 7) is 9.33. The van der Waals surface area contributed by atoms with Crippen LogP contribution in [0.25, 0.3) is 16.6 Å². The topological polar surface area (TPSA) is 81.8 Å². The maximum absolute atomic E-state index is 13.3. The van der Waals surface area contributed by atoms with Gasteiger partial charge in [0.2, 0.25) is 5.91 Å². The average molecular weight is 385 g/mol. The molecule has 0 aliphatic carbocycles. The van der Waals surface area contributed by atoms with Crippen molar-refractivity contribution in [3.8, 4) is 5.69 Å². The van der Waals surface area contributed by atoms with Gasteiger partial charge >= 0.3 is 0 Å². The average Bonchev–Trinajstić information content (AvgIpc) is 3.01. The zero-order valence-corrected chi connectivity index (χ0v) is 16.7. The molecule has 3 aromatic rings. The van der Waals surface area contributed by atoms with Gasteiger partial charge < -0.3 is 5.32 Å². The highest BCUT2D eigenvalue weighted by molar-refractivity contribution is 5.82. The predicted octanol–water partition coefficient (Wildman–Crippen LogP) is 2.76. The highest BCUT2D eigenvalue weighted by atomic mass is 19.1. The molecule has 1 N–H and O–H groups in total. The van der Waals surface area contributed by atoms with Gasteiger partial charge in [0, 0.05) is 10.9 Å². The Morgan fingerprint density at radius 1 is 1.21 bits per heavy atom. The molecule has 0 spiro atoms. The molecule has 0 bridgehead atoms. The second-order valence-electron chi connectivity index (χ2n) is 8.10. The van der Waals surface area contributed by atoms with E-state index in [2.05, 4.69) is 15.5 Å². The van der Waals surface area contributed by atoms with Gasteiger partial charge in [-0.25, -0.2) is 13.8 Å². The standard InChI is InChI=1S/C20H24FN5O2/c1-12(2)17-15-10-22-26(14-8-6-13(21)7-9-14)18(15)19(28)25(24-17)11-16(27)23-20(3,4)5/h6-10,12H,11H2,1-5H3,(H,23,27). The third-order valence-electron chi connectivity index (χ3n) is 4.14. The molecule has 0 saturated carbocycles. The summed E-state index contributed by atoms with van der Waals surface area (Å²) in [6, 6.07) is 5.71. The van der Waals surface area contributed by atoms with Gasteiger partial charge in [-0.3, -0.25) is 9.59 Å². The third-order valence-corrected chi connectivity index (χ3v) is 4.14. The van der Waals surface area contributed by atoms with Crippen molar-refractivity contribution in [2.75, 3.05) is 0 Å². The molecular formula is C20H24FN5O2. The molecule has 7 nitrogen and oxygen atoms in total. The first-order valence-corrected chi connectivity index (χ1v) is 9.12. The fourth-order valence-electron chi connectivity index (χ4n) is 3.00. The quantitative estimate of drug-likeness (QED) is 0.749. The van der Waals surface area contributed by atoms with Crippen LogP contribution in [0, 0.1) is 5.82 Å². The van der Waals surface area contributed by atoms with E-state index in [-0.39, 0.29) is 24.2 Å². The van der Waals surface area contributed by atoms with Crippen molar-refractivity contribution in [1.82, 2.24) is 24.9 Å². The molecule has 8 heteroatoms. The van der Waals surface area contributed by atoms with Crippen LogP contribution in [0.4, 0.5) is 4.39 Å². The van der Waals surface area contributed by atoms with Gasteiger partial charge in [-0.05, 0) is 51.0 Å². The summed E-state index contributed by atoms with van der Waals surface area (Å²) < 4.78 is 15.9. The van der Waals surface area contributed by atoms with Gasteiger partial charge in [0.25, 0.3) is 5.56 Å². The monoisotopic (exact) mass is 385 g/mol. The number of hydrogen-bond donors (Lipinski definition) is 1. The van der Waals surface area contributed by atoms with Crippen molar-refractivity contribution < 1.29 is 9.18 Å². The molecule has 0 saturated heterocycles. The van der Waals surface area contributed by atoms with E-state index in [0.717, 1.165) is 0 Å². The number of benzene rings is 1. The highest BCUT2D eigenvalue weighted by Gasteiger charge is 2.21. The lowest BCUT2D eigenvalue weighted by molar-refractivity contribution is -0.123. The predicted molar refractivity (Wildman–Crippen MR) is 105 cm³/mol. The SMILES string of the molecule is CC(C)c1nn(CC(=O)NC(C)(C)C)c(=O)c2c1cnn2-c1ccc(F)cc1. The van der Waals surface area contributed by atoms with Crippen molar-refractivity contribution in [3.63, 3.8) is 0 Å². The van der Waals surface area contributed by atoms with Gasteiger partial charge in [-0.15, -0.1) is 0 Å². The van der Waals surface area contributed by atoms with Gasteiger partial charge in [0.1, 0.15) is 17.9 Å². The summed E-state index contributed by atoms with van der Waals surface area (Å²) in [4.78, 5) is 25.5. The Morgan fingerprint density at radius 2 is 1.86 bits per heavy atom. The van der Waals surface area contributed by atoms with E-state index >= 15 is 0 Å². The number of aromatic nitrogens is 4. The van der Waals surface area contributed by atoms with E-state index < -0.39 is 11.1 Å². The zero-order valence-electron chi connectivity index (χ0n) is 16.7. The van der Waals surface area contributed by atoms with E-state index in [1.165, 1.54) is 21.5 Å². The number of rotatable bonds is 4. The Hall–Kier alpha value is -3.03. The van der Waals surface area contributed by atoms with Crippen molar-refractivity contribution >= 4 is 16.8 Å². The second-order valence-corrected chi connectivity index (χ2v) is 8.10. The third kappa shape index (κ3) is 3.95. The molecule has 2 aromatic heterocycles. The second kappa shape index (κ2) is 7.18. The lowest BCUT2D eigenvalue weighted by Gasteiger charge is -2.20. The smallest absolute Gasteiger partial charge is 0.293 e. The summed E-state index contributed by atoms with van der Waals surface area (Å²) in [6.07, 6.45) is 1.59. The molecule has 0 aliphatic rings. The molecule has 2 heterocycles. The molecule has 0 unspecified atom stereocenters. The van der Waals surface area contributed by atoms with E-state index in [9.17, 15) is 14.0 Å². The molecule has 28 heavy (non-hydrogen) atoms. The van der Waals surface area contributed by atoms with Crippen LogP contribution in [0.3, 0.4) is 0 Å². The molecular weight excluding hydrogens is 361 g/mol. The molecule has 0 fully saturated rings. The van der Waals surface area contributed by atoms with Crippen LogP contribution in [-0.4, -0.2) is 31.0 Å². The Balaban J connectivity index is 2.17. The molecule has 148 valence electrons. The number of fused-ring (bicyclic) bond motifs is 1. The first-order valence-electron chi connectivity index (χ1n) is 9.12. The Bertz CT molecular complexity index is 1070. The number of carbonyl (C=O) groups excluding carboxylic acids is 1. The summed E-state index contributed by atoms with van der Waals surface area (Å²) in [5, 5.41) is 12.2. The van der Waals surface area contributed by atoms with Crippen molar-refractivity contribution in [2.24, 2.45) is 0 Å². The fourth-order valence-corrected chi connectivity index (χ4v) is 3.00.